The molecular formula is C21H20N2O. The van der Waals surface area contributed by atoms with Crippen LogP contribution in [0.3, 0.4) is 0 Å². The number of aryl methyl sites for hydroxylation is 1. The summed E-state index contributed by atoms with van der Waals surface area (Å²) in [5.74, 6) is 0.0876. The lowest BCUT2D eigenvalue weighted by Gasteiger charge is -2.14. The molecule has 0 radical (unpaired) electrons. The number of benzene rings is 2. The monoisotopic (exact) mass is 316 g/mol. The fourth-order valence-electron chi connectivity index (χ4n) is 3.06. The van der Waals surface area contributed by atoms with E-state index in [1.807, 2.05) is 24.3 Å². The number of carbonyl (C=O) groups excluding carboxylic acids is 1. The summed E-state index contributed by atoms with van der Waals surface area (Å²) in [5, 5.41) is 12.1. The van der Waals surface area contributed by atoms with Gasteiger partial charge in [0.05, 0.1) is 12.5 Å². The van der Waals surface area contributed by atoms with Crippen molar-refractivity contribution in [1.29, 1.82) is 5.26 Å². The summed E-state index contributed by atoms with van der Waals surface area (Å²) in [4.78, 5) is 12.8. The zero-order valence-electron chi connectivity index (χ0n) is 13.8. The first kappa shape index (κ1) is 16.0. The van der Waals surface area contributed by atoms with Gasteiger partial charge in [0, 0.05) is 29.8 Å². The molecular weight excluding hydrogens is 296 g/mol. The predicted octanol–water partition coefficient (Wildman–Crippen LogP) is 3.90. The molecule has 120 valence electrons. The van der Waals surface area contributed by atoms with E-state index in [2.05, 4.69) is 42.6 Å². The summed E-state index contributed by atoms with van der Waals surface area (Å²) < 4.78 is 0. The molecule has 24 heavy (non-hydrogen) atoms. The average Bonchev–Trinajstić information content (AvgIpc) is 2.96. The van der Waals surface area contributed by atoms with Crippen LogP contribution in [-0.2, 0) is 12.8 Å². The molecule has 2 aromatic rings. The number of rotatable bonds is 5. The van der Waals surface area contributed by atoms with Gasteiger partial charge in [-0.25, -0.2) is 0 Å². The smallest absolute Gasteiger partial charge is 0.191 e. The van der Waals surface area contributed by atoms with Crippen molar-refractivity contribution in [3.8, 4) is 6.07 Å². The van der Waals surface area contributed by atoms with E-state index in [1.165, 1.54) is 5.56 Å². The summed E-state index contributed by atoms with van der Waals surface area (Å²) in [6.45, 7) is 2.66. The Balaban J connectivity index is 2.01. The van der Waals surface area contributed by atoms with Gasteiger partial charge < -0.3 is 5.32 Å². The highest BCUT2D eigenvalue weighted by atomic mass is 16.1. The van der Waals surface area contributed by atoms with Gasteiger partial charge in [-0.1, -0.05) is 55.5 Å². The van der Waals surface area contributed by atoms with Gasteiger partial charge in [-0.05, 0) is 23.1 Å². The second-order valence-corrected chi connectivity index (χ2v) is 5.90. The van der Waals surface area contributed by atoms with Crippen molar-refractivity contribution in [1.82, 2.24) is 5.32 Å². The van der Waals surface area contributed by atoms with Gasteiger partial charge in [0.15, 0.2) is 5.78 Å². The third-order valence-corrected chi connectivity index (χ3v) is 4.39. The first-order valence-corrected chi connectivity index (χ1v) is 8.30. The van der Waals surface area contributed by atoms with Gasteiger partial charge in [0.1, 0.15) is 0 Å². The van der Waals surface area contributed by atoms with E-state index in [0.29, 0.717) is 19.4 Å². The SMILES string of the molecule is CCc1ccc(C(NCCC#N)=C2Cc3ccccc3C2=O)cc1. The highest BCUT2D eigenvalue weighted by molar-refractivity contribution is 6.17. The van der Waals surface area contributed by atoms with Gasteiger partial charge in [-0.2, -0.15) is 5.26 Å². The minimum absolute atomic E-state index is 0.0876. The maximum Gasteiger partial charge on any atom is 0.191 e. The molecule has 0 heterocycles. The molecule has 3 nitrogen and oxygen atoms in total. The summed E-state index contributed by atoms with van der Waals surface area (Å²) in [6, 6.07) is 18.2. The highest BCUT2D eigenvalue weighted by Crippen LogP contribution is 2.31. The molecule has 0 aliphatic heterocycles. The molecule has 0 atom stereocenters. The van der Waals surface area contributed by atoms with Gasteiger partial charge in [-0.15, -0.1) is 0 Å². The van der Waals surface area contributed by atoms with Crippen molar-refractivity contribution in [2.45, 2.75) is 26.2 Å². The molecule has 0 amide bonds. The van der Waals surface area contributed by atoms with Crippen molar-refractivity contribution in [3.05, 3.63) is 76.4 Å². The number of Topliss-reactive ketones (excluding diaryl/α,β-unsaturated/α-hetero) is 1. The highest BCUT2D eigenvalue weighted by Gasteiger charge is 2.27. The predicted molar refractivity (Wildman–Crippen MR) is 95.4 cm³/mol. The van der Waals surface area contributed by atoms with Crippen molar-refractivity contribution in [2.24, 2.45) is 0 Å². The topological polar surface area (TPSA) is 52.9 Å². The molecule has 1 aliphatic carbocycles. The van der Waals surface area contributed by atoms with Crippen LogP contribution < -0.4 is 5.32 Å². The summed E-state index contributed by atoms with van der Waals surface area (Å²) in [5.41, 5.74) is 5.77. The van der Waals surface area contributed by atoms with Crippen LogP contribution in [0.2, 0.25) is 0 Å². The molecule has 0 saturated heterocycles. The van der Waals surface area contributed by atoms with Gasteiger partial charge in [0.2, 0.25) is 0 Å². The Morgan fingerprint density at radius 1 is 1.17 bits per heavy atom. The van der Waals surface area contributed by atoms with Crippen LogP contribution >= 0.6 is 0 Å². The van der Waals surface area contributed by atoms with Gasteiger partial charge >= 0.3 is 0 Å². The van der Waals surface area contributed by atoms with Crippen molar-refractivity contribution < 1.29 is 4.79 Å². The number of allylic oxidation sites excluding steroid dienone is 1. The van der Waals surface area contributed by atoms with E-state index in [1.54, 1.807) is 0 Å². The minimum Gasteiger partial charge on any atom is -0.383 e. The van der Waals surface area contributed by atoms with Crippen molar-refractivity contribution in [3.63, 3.8) is 0 Å². The maximum atomic E-state index is 12.8. The molecule has 1 aliphatic rings. The average molecular weight is 316 g/mol. The van der Waals surface area contributed by atoms with Crippen molar-refractivity contribution in [2.75, 3.05) is 6.54 Å². The molecule has 0 fully saturated rings. The third kappa shape index (κ3) is 3.09. The summed E-state index contributed by atoms with van der Waals surface area (Å²) >= 11 is 0. The Morgan fingerprint density at radius 3 is 2.58 bits per heavy atom. The molecule has 0 spiro atoms. The van der Waals surface area contributed by atoms with Gasteiger partial charge in [0.25, 0.3) is 0 Å². The normalized spacial score (nSPS) is 14.9. The first-order valence-electron chi connectivity index (χ1n) is 8.30. The summed E-state index contributed by atoms with van der Waals surface area (Å²) in [7, 11) is 0. The number of nitrogens with zero attached hydrogens (tertiary/aromatic N) is 1. The minimum atomic E-state index is 0.0876. The van der Waals surface area contributed by atoms with E-state index in [0.717, 1.165) is 34.4 Å². The number of carbonyl (C=O) groups is 1. The Bertz CT molecular complexity index is 826. The zero-order valence-corrected chi connectivity index (χ0v) is 13.8. The van der Waals surface area contributed by atoms with Crippen LogP contribution in [-0.4, -0.2) is 12.3 Å². The van der Waals surface area contributed by atoms with E-state index >= 15 is 0 Å². The standard InChI is InChI=1S/C21H20N2O/c1-2-15-8-10-16(11-9-15)20(23-13-5-12-22)19-14-17-6-3-4-7-18(17)21(19)24/h3-4,6-11,23H,2,5,13-14H2,1H3. The van der Waals surface area contributed by atoms with Crippen LogP contribution in [0.5, 0.6) is 0 Å². The largest absolute Gasteiger partial charge is 0.383 e. The molecule has 0 aromatic heterocycles. The molecule has 3 rings (SSSR count). The van der Waals surface area contributed by atoms with Crippen LogP contribution in [0.15, 0.2) is 54.1 Å². The van der Waals surface area contributed by atoms with E-state index in [9.17, 15) is 4.79 Å². The number of nitriles is 1. The van der Waals surface area contributed by atoms with Crippen LogP contribution in [0.1, 0.15) is 40.4 Å². The van der Waals surface area contributed by atoms with Gasteiger partial charge in [-0.3, -0.25) is 4.79 Å². The van der Waals surface area contributed by atoms with E-state index < -0.39 is 0 Å². The molecule has 0 bridgehead atoms. The summed E-state index contributed by atoms with van der Waals surface area (Å²) in [6.07, 6.45) is 2.03. The lowest BCUT2D eigenvalue weighted by Crippen LogP contribution is -2.17. The first-order chi connectivity index (χ1) is 11.7. The fraction of sp³-hybridized carbons (Fsp3) is 0.238. The second kappa shape index (κ2) is 7.14. The molecule has 1 N–H and O–H groups in total. The van der Waals surface area contributed by atoms with Crippen LogP contribution in [0.4, 0.5) is 0 Å². The number of hydrogen-bond donors (Lipinski definition) is 1. The molecule has 2 aromatic carbocycles. The van der Waals surface area contributed by atoms with E-state index in [4.69, 9.17) is 5.26 Å². The lowest BCUT2D eigenvalue weighted by molar-refractivity contribution is 0.104. The number of nitrogens with one attached hydrogen (secondary N) is 1. The Morgan fingerprint density at radius 2 is 1.92 bits per heavy atom. The quantitative estimate of drug-likeness (QED) is 0.672. The number of hydrogen-bond acceptors (Lipinski definition) is 3. The Kier molecular flexibility index (Phi) is 4.77. The Labute approximate surface area is 142 Å². The Hall–Kier alpha value is -2.86. The van der Waals surface area contributed by atoms with Crippen molar-refractivity contribution >= 4 is 11.5 Å². The van der Waals surface area contributed by atoms with Crippen LogP contribution in [0, 0.1) is 11.3 Å². The lowest BCUT2D eigenvalue weighted by atomic mass is 10.0. The van der Waals surface area contributed by atoms with E-state index in [-0.39, 0.29) is 5.78 Å². The second-order valence-electron chi connectivity index (χ2n) is 5.90. The van der Waals surface area contributed by atoms with Crippen LogP contribution in [0.25, 0.3) is 5.70 Å². The number of fused-ring (bicyclic) bond motifs is 1. The molecule has 0 saturated carbocycles. The molecule has 3 heteroatoms. The zero-order chi connectivity index (χ0) is 16.9. The maximum absolute atomic E-state index is 12.8. The fourth-order valence-corrected chi connectivity index (χ4v) is 3.06. The third-order valence-electron chi connectivity index (χ3n) is 4.39. The number of ketones is 1. The molecule has 0 unspecified atom stereocenters.